The van der Waals surface area contributed by atoms with Gasteiger partial charge < -0.3 is 0 Å². The Labute approximate surface area is 106 Å². The number of rotatable bonds is 3. The van der Waals surface area contributed by atoms with E-state index in [1.807, 2.05) is 0 Å². The van der Waals surface area contributed by atoms with Crippen LogP contribution < -0.4 is 4.13 Å². The molecule has 0 spiro atoms. The lowest BCUT2D eigenvalue weighted by Crippen LogP contribution is -2.25. The molecular formula is C7H8N4O3S3. The molecule has 0 bridgehead atoms. The van der Waals surface area contributed by atoms with E-state index in [1.54, 1.807) is 11.4 Å². The molecular weight excluding hydrogens is 284 g/mol. The number of nitrogens with zero attached hydrogens (tertiary/aromatic N) is 3. The Kier molecular flexibility index (Phi) is 3.76. The summed E-state index contributed by atoms with van der Waals surface area (Å²) < 4.78 is 25.6. The second kappa shape index (κ2) is 5.12. The van der Waals surface area contributed by atoms with E-state index in [0.29, 0.717) is 25.0 Å². The van der Waals surface area contributed by atoms with Crippen LogP contribution in [0.15, 0.2) is 32.1 Å². The smallest absolute Gasteiger partial charge is 0.258 e. The minimum Gasteiger partial charge on any atom is -0.258 e. The molecule has 1 aliphatic rings. The molecule has 0 atom stereocenters. The van der Waals surface area contributed by atoms with Gasteiger partial charge in [-0.05, 0) is 11.4 Å². The van der Waals surface area contributed by atoms with Crippen molar-refractivity contribution in [1.29, 1.82) is 0 Å². The molecule has 0 unspecified atom stereocenters. The normalized spacial score (nSPS) is 15.4. The maximum absolute atomic E-state index is 11.7. The second-order valence-electron chi connectivity index (χ2n) is 2.96. The first-order valence-electron chi connectivity index (χ1n) is 4.51. The quantitative estimate of drug-likeness (QED) is 0.854. The van der Waals surface area contributed by atoms with Crippen LogP contribution in [0.4, 0.5) is 4.79 Å². The summed E-state index contributed by atoms with van der Waals surface area (Å²) in [4.78, 5) is 11.5. The zero-order chi connectivity index (χ0) is 12.3. The first-order valence-corrected chi connectivity index (χ1v) is 7.68. The van der Waals surface area contributed by atoms with Crippen molar-refractivity contribution in [2.24, 2.45) is 10.3 Å². The molecule has 0 saturated heterocycles. The van der Waals surface area contributed by atoms with Gasteiger partial charge in [0.2, 0.25) is 0 Å². The van der Waals surface area contributed by atoms with Gasteiger partial charge in [-0.2, -0.15) is 5.11 Å². The van der Waals surface area contributed by atoms with Crippen molar-refractivity contribution in [3.63, 3.8) is 0 Å². The van der Waals surface area contributed by atoms with Crippen LogP contribution in [0, 0.1) is 0 Å². The highest BCUT2D eigenvalue weighted by molar-refractivity contribution is 8.19. The minimum absolute atomic E-state index is 0.167. The summed E-state index contributed by atoms with van der Waals surface area (Å²) in [6, 6.07) is 3.09. The highest BCUT2D eigenvalue weighted by atomic mass is 32.3. The highest BCUT2D eigenvalue weighted by Crippen LogP contribution is 2.18. The van der Waals surface area contributed by atoms with E-state index in [1.165, 1.54) is 6.07 Å². The Morgan fingerprint density at radius 1 is 1.59 bits per heavy atom. The molecule has 1 N–H and O–H groups in total. The molecule has 10 heteroatoms. The fraction of sp³-hybridized carbons (Fsp3) is 0.286. The molecule has 0 fully saturated rings. The van der Waals surface area contributed by atoms with Crippen molar-refractivity contribution in [1.82, 2.24) is 9.14 Å². The Morgan fingerprint density at radius 2 is 2.41 bits per heavy atom. The number of nitrogens with one attached hydrogen (secondary N) is 1. The maximum Gasteiger partial charge on any atom is 0.319 e. The molecule has 1 aromatic heterocycles. The molecule has 2 rings (SSSR count). The average molecular weight is 292 g/mol. The molecule has 0 saturated carbocycles. The van der Waals surface area contributed by atoms with Gasteiger partial charge in [0.15, 0.2) is 0 Å². The van der Waals surface area contributed by atoms with Crippen LogP contribution in [0.3, 0.4) is 0 Å². The largest absolute Gasteiger partial charge is 0.319 e. The standard InChI is InChI=1S/C7H8N4O3S3/c12-7(11-4-3-8-9-11)16-10-17(13,14)6-2-1-5-15-6/h1-2,5,10H,3-4H2. The summed E-state index contributed by atoms with van der Waals surface area (Å²) in [6.45, 7) is 0.830. The number of hydrogen-bond donors (Lipinski definition) is 1. The van der Waals surface area contributed by atoms with Crippen LogP contribution in [-0.2, 0) is 10.0 Å². The molecule has 17 heavy (non-hydrogen) atoms. The number of hydrogen-bond acceptors (Lipinski definition) is 7. The Balaban J connectivity index is 1.94. The average Bonchev–Trinajstić information content (AvgIpc) is 2.97. The summed E-state index contributed by atoms with van der Waals surface area (Å²) in [5, 5.41) is 9.44. The lowest BCUT2D eigenvalue weighted by Gasteiger charge is -2.08. The highest BCUT2D eigenvalue weighted by Gasteiger charge is 2.22. The van der Waals surface area contributed by atoms with Gasteiger partial charge in [0, 0.05) is 11.9 Å². The van der Waals surface area contributed by atoms with Crippen molar-refractivity contribution in [3.8, 4) is 0 Å². The third kappa shape index (κ3) is 3.03. The first-order chi connectivity index (χ1) is 8.09. The van der Waals surface area contributed by atoms with Crippen molar-refractivity contribution >= 4 is 38.5 Å². The fourth-order valence-electron chi connectivity index (χ4n) is 1.03. The first kappa shape index (κ1) is 12.5. The van der Waals surface area contributed by atoms with E-state index in [9.17, 15) is 13.2 Å². The van der Waals surface area contributed by atoms with E-state index < -0.39 is 15.3 Å². The number of carbonyl (C=O) groups is 1. The third-order valence-electron chi connectivity index (χ3n) is 1.79. The molecule has 0 radical (unpaired) electrons. The summed E-state index contributed by atoms with van der Waals surface area (Å²) in [5.41, 5.74) is 0. The fourth-order valence-corrected chi connectivity index (χ4v) is 4.01. The predicted octanol–water partition coefficient (Wildman–Crippen LogP) is 1.48. The predicted molar refractivity (Wildman–Crippen MR) is 64.1 cm³/mol. The van der Waals surface area contributed by atoms with Gasteiger partial charge in [-0.3, -0.25) is 4.79 Å². The van der Waals surface area contributed by atoms with Gasteiger partial charge in [-0.15, -0.1) is 15.5 Å². The summed E-state index contributed by atoms with van der Waals surface area (Å²) >= 11 is 1.56. The zero-order valence-corrected chi connectivity index (χ0v) is 10.9. The monoisotopic (exact) mass is 292 g/mol. The molecule has 0 aliphatic carbocycles. The van der Waals surface area contributed by atoms with E-state index in [4.69, 9.17) is 0 Å². The third-order valence-corrected chi connectivity index (χ3v) is 5.66. The number of amides is 1. The zero-order valence-electron chi connectivity index (χ0n) is 8.44. The SMILES string of the molecule is O=C(SNS(=O)(=O)c1cccs1)N1CCN=N1. The van der Waals surface area contributed by atoms with Crippen molar-refractivity contribution in [2.45, 2.75) is 4.21 Å². The van der Waals surface area contributed by atoms with E-state index in [2.05, 4.69) is 14.5 Å². The van der Waals surface area contributed by atoms with Crippen LogP contribution in [0.5, 0.6) is 0 Å². The maximum atomic E-state index is 11.7. The second-order valence-corrected chi connectivity index (χ2v) is 6.84. The van der Waals surface area contributed by atoms with E-state index in [-0.39, 0.29) is 4.21 Å². The van der Waals surface area contributed by atoms with Crippen LogP contribution >= 0.6 is 23.3 Å². The van der Waals surface area contributed by atoms with Crippen molar-refractivity contribution in [2.75, 3.05) is 13.1 Å². The molecule has 0 aromatic carbocycles. The van der Waals surface area contributed by atoms with Crippen LogP contribution in [0.25, 0.3) is 0 Å². The molecule has 1 aliphatic heterocycles. The summed E-state index contributed by atoms with van der Waals surface area (Å²) in [6.07, 6.45) is 0. The Bertz CT molecular complexity index is 525. The Morgan fingerprint density at radius 3 is 3.00 bits per heavy atom. The molecule has 1 aromatic rings. The minimum atomic E-state index is -3.63. The van der Waals surface area contributed by atoms with Crippen LogP contribution in [0.2, 0.25) is 0 Å². The van der Waals surface area contributed by atoms with Gasteiger partial charge in [0.1, 0.15) is 4.21 Å². The van der Waals surface area contributed by atoms with Crippen LogP contribution in [-0.4, -0.2) is 31.8 Å². The lowest BCUT2D eigenvalue weighted by molar-refractivity contribution is 0.230. The summed E-state index contributed by atoms with van der Waals surface area (Å²) in [7, 11) is -3.63. The van der Waals surface area contributed by atoms with E-state index >= 15 is 0 Å². The topological polar surface area (TPSA) is 91.2 Å². The molecule has 7 nitrogen and oxygen atoms in total. The van der Waals surface area contributed by atoms with Gasteiger partial charge in [0.25, 0.3) is 10.0 Å². The summed E-state index contributed by atoms with van der Waals surface area (Å²) in [5.74, 6) is 0. The van der Waals surface area contributed by atoms with E-state index in [0.717, 1.165) is 16.3 Å². The molecule has 92 valence electrons. The van der Waals surface area contributed by atoms with Gasteiger partial charge in [0.05, 0.1) is 13.1 Å². The van der Waals surface area contributed by atoms with Gasteiger partial charge in [-0.1, -0.05) is 11.3 Å². The van der Waals surface area contributed by atoms with Gasteiger partial charge >= 0.3 is 5.24 Å². The molecule has 2 heterocycles. The number of carbonyl (C=O) groups excluding carboxylic acids is 1. The Hall–Kier alpha value is -0.970. The van der Waals surface area contributed by atoms with Crippen molar-refractivity contribution in [3.05, 3.63) is 17.5 Å². The van der Waals surface area contributed by atoms with Crippen molar-refractivity contribution < 1.29 is 13.2 Å². The molecule has 1 amide bonds. The number of thiophene rings is 1. The van der Waals surface area contributed by atoms with Crippen LogP contribution in [0.1, 0.15) is 0 Å². The van der Waals surface area contributed by atoms with Gasteiger partial charge in [-0.25, -0.2) is 13.4 Å². The number of sulfonamides is 1. The lowest BCUT2D eigenvalue weighted by atomic mass is 10.7.